The number of H-pyrrole nitrogens is 1. The highest BCUT2D eigenvalue weighted by Crippen LogP contribution is 2.36. The Hall–Kier alpha value is -3.75. The van der Waals surface area contributed by atoms with Crippen molar-refractivity contribution >= 4 is 21.7 Å². The quantitative estimate of drug-likeness (QED) is 0.609. The Labute approximate surface area is 175 Å². The summed E-state index contributed by atoms with van der Waals surface area (Å²) in [6, 6.07) is 16.4. The van der Waals surface area contributed by atoms with Crippen molar-refractivity contribution < 1.29 is 9.47 Å². The lowest BCUT2D eigenvalue weighted by Gasteiger charge is -2.14. The molecular weight excluding hydrogens is 436 g/mol. The van der Waals surface area contributed by atoms with E-state index in [1.807, 2.05) is 36.4 Å². The van der Waals surface area contributed by atoms with Crippen LogP contribution in [0.1, 0.15) is 16.7 Å². The predicted octanol–water partition coefficient (Wildman–Crippen LogP) is 3.72. The van der Waals surface area contributed by atoms with E-state index in [1.165, 1.54) is 7.11 Å². The second-order valence-electron chi connectivity index (χ2n) is 6.00. The number of benzene rings is 2. The van der Waals surface area contributed by atoms with Crippen molar-refractivity contribution in [2.24, 2.45) is 0 Å². The number of methoxy groups -OCH3 is 1. The molecule has 3 aromatic rings. The number of nitrogens with zero attached hydrogens (tertiary/aromatic N) is 2. The van der Waals surface area contributed by atoms with Crippen LogP contribution in [0.5, 0.6) is 11.5 Å². The zero-order valence-corrected chi connectivity index (χ0v) is 16.9. The molecule has 0 saturated heterocycles. The second-order valence-corrected chi connectivity index (χ2v) is 6.91. The number of nitrogens with one attached hydrogen (secondary N) is 1. The lowest BCUT2D eigenvalue weighted by Crippen LogP contribution is -2.16. The number of hydrogen-bond acceptors (Lipinski definition) is 6. The Kier molecular flexibility index (Phi) is 5.87. The van der Waals surface area contributed by atoms with Gasteiger partial charge in [-0.05, 0) is 35.4 Å². The zero-order chi connectivity index (χ0) is 21.0. The highest BCUT2D eigenvalue weighted by molar-refractivity contribution is 9.10. The largest absolute Gasteiger partial charge is 0.493 e. The third kappa shape index (κ3) is 4.08. The summed E-state index contributed by atoms with van der Waals surface area (Å²) in [5, 5.41) is 18.9. The van der Waals surface area contributed by atoms with Gasteiger partial charge in [0.25, 0.3) is 5.56 Å². The molecule has 0 radical (unpaired) electrons. The molecule has 3 N–H and O–H groups in total. The Morgan fingerprint density at radius 3 is 2.38 bits per heavy atom. The number of ether oxygens (including phenoxy) is 2. The lowest BCUT2D eigenvalue weighted by molar-refractivity contribution is 0.284. The molecule has 7 nitrogen and oxygen atoms in total. The van der Waals surface area contributed by atoms with Gasteiger partial charge in [0.1, 0.15) is 35.7 Å². The average Bonchev–Trinajstić information content (AvgIpc) is 2.72. The van der Waals surface area contributed by atoms with Gasteiger partial charge in [-0.3, -0.25) is 4.79 Å². The van der Waals surface area contributed by atoms with Gasteiger partial charge < -0.3 is 20.2 Å². The van der Waals surface area contributed by atoms with E-state index in [0.29, 0.717) is 23.7 Å². The standard InChI is InChI=1S/C21H15BrN4O3/c1-28-18-8-13(19-15(9-23)20(25)26-21(27)16(19)10-24)4-7-17(18)29-11-12-2-5-14(22)6-3-12/h2-8H,11H2,1H3,(H3,25,26,27). The molecule has 29 heavy (non-hydrogen) atoms. The fraction of sp³-hybridized carbons (Fsp3) is 0.0952. The van der Waals surface area contributed by atoms with Gasteiger partial charge >= 0.3 is 0 Å². The summed E-state index contributed by atoms with van der Waals surface area (Å²) in [5.41, 5.74) is 6.52. The van der Waals surface area contributed by atoms with Crippen LogP contribution in [0.15, 0.2) is 51.7 Å². The summed E-state index contributed by atoms with van der Waals surface area (Å²) in [7, 11) is 1.48. The van der Waals surface area contributed by atoms with Crippen molar-refractivity contribution in [2.75, 3.05) is 12.8 Å². The van der Waals surface area contributed by atoms with Crippen LogP contribution in [0, 0.1) is 22.7 Å². The van der Waals surface area contributed by atoms with Crippen LogP contribution in [0.25, 0.3) is 11.1 Å². The Balaban J connectivity index is 2.02. The fourth-order valence-corrected chi connectivity index (χ4v) is 3.08. The molecule has 1 heterocycles. The van der Waals surface area contributed by atoms with Crippen LogP contribution < -0.4 is 20.8 Å². The van der Waals surface area contributed by atoms with Gasteiger partial charge in [0.05, 0.1) is 7.11 Å². The molecule has 0 aliphatic heterocycles. The Morgan fingerprint density at radius 2 is 1.76 bits per heavy atom. The molecule has 0 amide bonds. The first-order valence-corrected chi connectivity index (χ1v) is 9.19. The normalized spacial score (nSPS) is 10.1. The van der Waals surface area contributed by atoms with Crippen molar-refractivity contribution in [1.29, 1.82) is 10.5 Å². The molecule has 0 fully saturated rings. The van der Waals surface area contributed by atoms with Gasteiger partial charge in [0.15, 0.2) is 11.5 Å². The molecular formula is C21H15BrN4O3. The zero-order valence-electron chi connectivity index (χ0n) is 15.3. The van der Waals surface area contributed by atoms with Gasteiger partial charge in [-0.2, -0.15) is 10.5 Å². The number of halogens is 1. The van der Waals surface area contributed by atoms with E-state index in [9.17, 15) is 15.3 Å². The molecule has 0 bridgehead atoms. The molecule has 2 aromatic carbocycles. The number of nitrogen functional groups attached to an aromatic ring is 1. The second kappa shape index (κ2) is 8.51. The number of aromatic nitrogens is 1. The molecule has 3 rings (SSSR count). The summed E-state index contributed by atoms with van der Waals surface area (Å²) >= 11 is 3.39. The van der Waals surface area contributed by atoms with Crippen LogP contribution in [-0.2, 0) is 6.61 Å². The van der Waals surface area contributed by atoms with Crippen LogP contribution in [0.2, 0.25) is 0 Å². The summed E-state index contributed by atoms with van der Waals surface area (Å²) in [6.07, 6.45) is 0. The number of aromatic amines is 1. The summed E-state index contributed by atoms with van der Waals surface area (Å²) < 4.78 is 12.2. The number of anilines is 1. The molecule has 0 spiro atoms. The van der Waals surface area contributed by atoms with Crippen LogP contribution in [0.3, 0.4) is 0 Å². The first-order valence-electron chi connectivity index (χ1n) is 8.40. The summed E-state index contributed by atoms with van der Waals surface area (Å²) in [5.74, 6) is 0.779. The van der Waals surface area contributed by atoms with E-state index in [0.717, 1.165) is 10.0 Å². The average molecular weight is 451 g/mol. The minimum atomic E-state index is -0.659. The third-order valence-electron chi connectivity index (χ3n) is 4.23. The first-order chi connectivity index (χ1) is 14.0. The highest BCUT2D eigenvalue weighted by atomic mass is 79.9. The molecule has 144 valence electrons. The Bertz CT molecular complexity index is 1200. The number of nitriles is 2. The summed E-state index contributed by atoms with van der Waals surface area (Å²) in [4.78, 5) is 14.4. The van der Waals surface area contributed by atoms with Crippen LogP contribution in [-0.4, -0.2) is 12.1 Å². The maximum Gasteiger partial charge on any atom is 0.268 e. The van der Waals surface area contributed by atoms with E-state index in [2.05, 4.69) is 20.9 Å². The van der Waals surface area contributed by atoms with E-state index < -0.39 is 5.56 Å². The third-order valence-corrected chi connectivity index (χ3v) is 4.76. The maximum atomic E-state index is 12.1. The van der Waals surface area contributed by atoms with E-state index in [1.54, 1.807) is 18.2 Å². The number of pyridine rings is 1. The van der Waals surface area contributed by atoms with Crippen LogP contribution >= 0.6 is 15.9 Å². The molecule has 0 aliphatic carbocycles. The van der Waals surface area contributed by atoms with Crippen LogP contribution in [0.4, 0.5) is 5.82 Å². The molecule has 0 atom stereocenters. The number of rotatable bonds is 5. The highest BCUT2D eigenvalue weighted by Gasteiger charge is 2.19. The van der Waals surface area contributed by atoms with E-state index in [-0.39, 0.29) is 22.5 Å². The fourth-order valence-electron chi connectivity index (χ4n) is 2.82. The maximum absolute atomic E-state index is 12.1. The van der Waals surface area contributed by atoms with Crippen molar-refractivity contribution in [2.45, 2.75) is 6.61 Å². The topological polar surface area (TPSA) is 125 Å². The Morgan fingerprint density at radius 1 is 1.07 bits per heavy atom. The SMILES string of the molecule is COc1cc(-c2c(C#N)c(N)[nH]c(=O)c2C#N)ccc1OCc1ccc(Br)cc1. The van der Waals surface area contributed by atoms with Gasteiger partial charge in [0.2, 0.25) is 0 Å². The molecule has 1 aromatic heterocycles. The van der Waals surface area contributed by atoms with Crippen molar-refractivity contribution in [3.8, 4) is 34.8 Å². The van der Waals surface area contributed by atoms with Crippen molar-refractivity contribution in [1.82, 2.24) is 4.98 Å². The number of nitrogens with two attached hydrogens (primary N) is 1. The first kappa shape index (κ1) is 20.0. The van der Waals surface area contributed by atoms with Gasteiger partial charge in [0, 0.05) is 10.0 Å². The monoisotopic (exact) mass is 450 g/mol. The van der Waals surface area contributed by atoms with Gasteiger partial charge in [-0.25, -0.2) is 0 Å². The molecule has 0 saturated carbocycles. The van der Waals surface area contributed by atoms with Crippen molar-refractivity contribution in [3.05, 3.63) is 74.0 Å². The van der Waals surface area contributed by atoms with Gasteiger partial charge in [-0.1, -0.05) is 34.1 Å². The van der Waals surface area contributed by atoms with E-state index >= 15 is 0 Å². The summed E-state index contributed by atoms with van der Waals surface area (Å²) in [6.45, 7) is 0.327. The number of hydrogen-bond donors (Lipinski definition) is 2. The molecule has 0 aliphatic rings. The van der Waals surface area contributed by atoms with E-state index in [4.69, 9.17) is 15.2 Å². The minimum Gasteiger partial charge on any atom is -0.493 e. The minimum absolute atomic E-state index is 0.0201. The van der Waals surface area contributed by atoms with Gasteiger partial charge in [-0.15, -0.1) is 0 Å². The molecule has 0 unspecified atom stereocenters. The molecule has 8 heteroatoms. The lowest BCUT2D eigenvalue weighted by atomic mass is 9.96. The van der Waals surface area contributed by atoms with Crippen molar-refractivity contribution in [3.63, 3.8) is 0 Å². The smallest absolute Gasteiger partial charge is 0.268 e. The predicted molar refractivity (Wildman–Crippen MR) is 111 cm³/mol.